The first-order chi connectivity index (χ1) is 14.2. The van der Waals surface area contributed by atoms with Crippen molar-refractivity contribution >= 4 is 11.8 Å². The Hall–Kier alpha value is -3.23. The van der Waals surface area contributed by atoms with Gasteiger partial charge in [0.25, 0.3) is 0 Å². The minimum Gasteiger partial charge on any atom is -0.492 e. The van der Waals surface area contributed by atoms with Crippen molar-refractivity contribution in [2.45, 2.75) is 12.5 Å². The first-order valence-corrected chi connectivity index (χ1v) is 9.58. The van der Waals surface area contributed by atoms with E-state index >= 15 is 0 Å². The molecular weight excluding hydrogens is 377 g/mol. The maximum Gasteiger partial charge on any atom is 0.231 e. The summed E-state index contributed by atoms with van der Waals surface area (Å²) < 4.78 is 30.3. The van der Waals surface area contributed by atoms with Gasteiger partial charge in [-0.1, -0.05) is 0 Å². The van der Waals surface area contributed by atoms with Gasteiger partial charge in [0.05, 0.1) is 6.54 Å². The van der Waals surface area contributed by atoms with Gasteiger partial charge < -0.3 is 29.7 Å². The summed E-state index contributed by atoms with van der Waals surface area (Å²) in [6, 6.07) is 8.70. The topological polar surface area (TPSA) is 80.2 Å². The Bertz CT molecular complexity index is 879. The molecule has 154 valence electrons. The SMILES string of the molecule is CN=C(NCCOc1ccc2c(c1)OCO2)NC1CCN(c2ncccc2F)C1. The molecular formula is C20H24FN5O3. The average Bonchev–Trinajstić information content (AvgIpc) is 3.39. The lowest BCUT2D eigenvalue weighted by molar-refractivity contribution is 0.173. The molecule has 0 spiro atoms. The predicted octanol–water partition coefficient (Wildman–Crippen LogP) is 1.77. The van der Waals surface area contributed by atoms with Gasteiger partial charge in [-0.2, -0.15) is 0 Å². The highest BCUT2D eigenvalue weighted by Gasteiger charge is 2.25. The van der Waals surface area contributed by atoms with Gasteiger partial charge in [-0.3, -0.25) is 4.99 Å². The quantitative estimate of drug-likeness (QED) is 0.434. The number of fused-ring (bicyclic) bond motifs is 1. The number of hydrogen-bond acceptors (Lipinski definition) is 6. The van der Waals surface area contributed by atoms with E-state index in [2.05, 4.69) is 20.6 Å². The molecule has 1 aromatic carbocycles. The maximum absolute atomic E-state index is 13.9. The van der Waals surface area contributed by atoms with E-state index in [9.17, 15) is 4.39 Å². The van der Waals surface area contributed by atoms with Crippen LogP contribution < -0.4 is 29.7 Å². The zero-order chi connectivity index (χ0) is 20.1. The van der Waals surface area contributed by atoms with Gasteiger partial charge >= 0.3 is 0 Å². The summed E-state index contributed by atoms with van der Waals surface area (Å²) in [6.07, 6.45) is 2.49. The van der Waals surface area contributed by atoms with Gasteiger partial charge in [0.15, 0.2) is 29.1 Å². The van der Waals surface area contributed by atoms with Crippen molar-refractivity contribution in [2.75, 3.05) is 45.0 Å². The van der Waals surface area contributed by atoms with Crippen LogP contribution in [-0.4, -0.2) is 57.1 Å². The number of aliphatic imine (C=N–C) groups is 1. The highest BCUT2D eigenvalue weighted by Crippen LogP contribution is 2.35. The summed E-state index contributed by atoms with van der Waals surface area (Å²) >= 11 is 0. The van der Waals surface area contributed by atoms with Gasteiger partial charge in [0.1, 0.15) is 12.4 Å². The van der Waals surface area contributed by atoms with Crippen molar-refractivity contribution < 1.29 is 18.6 Å². The molecule has 2 N–H and O–H groups in total. The summed E-state index contributed by atoms with van der Waals surface area (Å²) in [5, 5.41) is 6.61. The Morgan fingerprint density at radius 3 is 3.10 bits per heavy atom. The van der Waals surface area contributed by atoms with Crippen LogP contribution in [0.2, 0.25) is 0 Å². The molecule has 0 bridgehead atoms. The predicted molar refractivity (Wildman–Crippen MR) is 107 cm³/mol. The van der Waals surface area contributed by atoms with Crippen molar-refractivity contribution in [3.8, 4) is 17.2 Å². The molecule has 4 rings (SSSR count). The molecule has 29 heavy (non-hydrogen) atoms. The summed E-state index contributed by atoms with van der Waals surface area (Å²) in [5.41, 5.74) is 0. The number of ether oxygens (including phenoxy) is 3. The molecule has 1 saturated heterocycles. The maximum atomic E-state index is 13.9. The molecule has 0 radical (unpaired) electrons. The standard InChI is InChI=1S/C20H24FN5O3/c1-22-20(24-8-10-27-15-4-5-17-18(11-15)29-13-28-17)25-14-6-9-26(12-14)19-16(21)3-2-7-23-19/h2-5,7,11,14H,6,8-10,12-13H2,1H3,(H2,22,24,25). The minimum absolute atomic E-state index is 0.164. The van der Waals surface area contributed by atoms with Gasteiger partial charge in [-0.25, -0.2) is 9.37 Å². The van der Waals surface area contributed by atoms with Crippen molar-refractivity contribution in [3.63, 3.8) is 0 Å². The minimum atomic E-state index is -0.295. The van der Waals surface area contributed by atoms with E-state index < -0.39 is 0 Å². The number of pyridine rings is 1. The van der Waals surface area contributed by atoms with Crippen LogP contribution in [0.1, 0.15) is 6.42 Å². The first kappa shape index (κ1) is 19.1. The molecule has 1 fully saturated rings. The van der Waals surface area contributed by atoms with E-state index in [0.29, 0.717) is 37.2 Å². The first-order valence-electron chi connectivity index (χ1n) is 9.58. The van der Waals surface area contributed by atoms with Crippen molar-refractivity contribution in [1.29, 1.82) is 0 Å². The second-order valence-corrected chi connectivity index (χ2v) is 6.75. The smallest absolute Gasteiger partial charge is 0.231 e. The van der Waals surface area contributed by atoms with Crippen LogP contribution in [0.4, 0.5) is 10.2 Å². The average molecular weight is 401 g/mol. The van der Waals surface area contributed by atoms with Gasteiger partial charge in [-0.05, 0) is 30.7 Å². The third kappa shape index (κ3) is 4.61. The zero-order valence-electron chi connectivity index (χ0n) is 16.2. The van der Waals surface area contributed by atoms with E-state index in [1.165, 1.54) is 6.07 Å². The fourth-order valence-corrected chi connectivity index (χ4v) is 3.37. The molecule has 0 saturated carbocycles. The van der Waals surface area contributed by atoms with Gasteiger partial charge in [0.2, 0.25) is 6.79 Å². The molecule has 1 aromatic heterocycles. The number of nitrogens with zero attached hydrogens (tertiary/aromatic N) is 3. The van der Waals surface area contributed by atoms with E-state index in [4.69, 9.17) is 14.2 Å². The molecule has 8 nitrogen and oxygen atoms in total. The van der Waals surface area contributed by atoms with Crippen LogP contribution in [0.3, 0.4) is 0 Å². The van der Waals surface area contributed by atoms with Crippen LogP contribution in [0.15, 0.2) is 41.5 Å². The Balaban J connectivity index is 1.21. The van der Waals surface area contributed by atoms with Crippen LogP contribution >= 0.6 is 0 Å². The molecule has 0 aliphatic carbocycles. The summed E-state index contributed by atoms with van der Waals surface area (Å²) in [4.78, 5) is 10.3. The Kier molecular flexibility index (Phi) is 5.83. The molecule has 2 aromatic rings. The normalized spacial score (nSPS) is 18.1. The van der Waals surface area contributed by atoms with E-state index in [0.717, 1.165) is 24.5 Å². The number of benzene rings is 1. The van der Waals surface area contributed by atoms with Crippen LogP contribution in [0, 0.1) is 5.82 Å². The number of rotatable bonds is 6. The Morgan fingerprint density at radius 1 is 1.34 bits per heavy atom. The van der Waals surface area contributed by atoms with E-state index in [1.807, 2.05) is 23.1 Å². The largest absolute Gasteiger partial charge is 0.492 e. The fraction of sp³-hybridized carbons (Fsp3) is 0.400. The molecule has 3 heterocycles. The third-order valence-corrected chi connectivity index (χ3v) is 4.80. The van der Waals surface area contributed by atoms with Crippen LogP contribution in [0.25, 0.3) is 0 Å². The van der Waals surface area contributed by atoms with E-state index in [1.54, 1.807) is 19.3 Å². The summed E-state index contributed by atoms with van der Waals surface area (Å²) in [5.74, 6) is 2.95. The third-order valence-electron chi connectivity index (χ3n) is 4.80. The Morgan fingerprint density at radius 2 is 2.24 bits per heavy atom. The monoisotopic (exact) mass is 401 g/mol. The number of anilines is 1. The highest BCUT2D eigenvalue weighted by atomic mass is 19.1. The number of halogens is 1. The van der Waals surface area contributed by atoms with E-state index in [-0.39, 0.29) is 18.7 Å². The number of aromatic nitrogens is 1. The zero-order valence-corrected chi connectivity index (χ0v) is 16.2. The van der Waals surface area contributed by atoms with Crippen LogP contribution in [-0.2, 0) is 0 Å². The summed E-state index contributed by atoms with van der Waals surface area (Å²) in [6.45, 7) is 2.71. The lowest BCUT2D eigenvalue weighted by atomic mass is 10.3. The number of hydrogen-bond donors (Lipinski definition) is 2. The van der Waals surface area contributed by atoms with Crippen molar-refractivity contribution in [1.82, 2.24) is 15.6 Å². The molecule has 2 aliphatic heterocycles. The molecule has 1 unspecified atom stereocenters. The van der Waals surface area contributed by atoms with Gasteiger partial charge in [-0.15, -0.1) is 0 Å². The Labute approximate surface area is 168 Å². The second kappa shape index (κ2) is 8.85. The molecule has 2 aliphatic rings. The van der Waals surface area contributed by atoms with Crippen molar-refractivity contribution in [2.24, 2.45) is 4.99 Å². The molecule has 9 heteroatoms. The molecule has 1 atom stereocenters. The fourth-order valence-electron chi connectivity index (χ4n) is 3.37. The highest BCUT2D eigenvalue weighted by molar-refractivity contribution is 5.80. The summed E-state index contributed by atoms with van der Waals surface area (Å²) in [7, 11) is 1.72. The lowest BCUT2D eigenvalue weighted by Gasteiger charge is -2.20. The number of nitrogens with one attached hydrogen (secondary N) is 2. The van der Waals surface area contributed by atoms with Gasteiger partial charge in [0, 0.05) is 38.4 Å². The lowest BCUT2D eigenvalue weighted by Crippen LogP contribution is -2.45. The van der Waals surface area contributed by atoms with Crippen LogP contribution in [0.5, 0.6) is 17.2 Å². The second-order valence-electron chi connectivity index (χ2n) is 6.75. The number of guanidine groups is 1. The molecule has 0 amide bonds. The van der Waals surface area contributed by atoms with Crippen molar-refractivity contribution in [3.05, 3.63) is 42.3 Å².